The van der Waals surface area contributed by atoms with Gasteiger partial charge in [-0.2, -0.15) is 0 Å². The zero-order valence-electron chi connectivity index (χ0n) is 33.1. The normalized spacial score (nSPS) is 12.7. The van der Waals surface area contributed by atoms with Crippen LogP contribution in [-0.2, 0) is 5.41 Å². The molecule has 10 aromatic rings. The summed E-state index contributed by atoms with van der Waals surface area (Å²) in [6.07, 6.45) is 0. The summed E-state index contributed by atoms with van der Waals surface area (Å²) in [5.74, 6) is 0. The molecule has 0 spiro atoms. The SMILES string of the molecule is CC1(C)c2ccccc2-c2ccc(N(c3cccc(-c4ccccc4)c3)c3cccc(-c4ccc5sc6ccccc6c5c4-c4cccc(-c5ccccc5)c4)c3)cc21. The zero-order valence-corrected chi connectivity index (χ0v) is 33.9. The molecule has 0 atom stereocenters. The lowest BCUT2D eigenvalue weighted by Crippen LogP contribution is -2.16. The maximum absolute atomic E-state index is 2.45. The Bertz CT molecular complexity index is 3190. The Morgan fingerprint density at radius 2 is 0.898 bits per heavy atom. The molecule has 0 bridgehead atoms. The van der Waals surface area contributed by atoms with Gasteiger partial charge in [-0.3, -0.25) is 0 Å². The molecule has 11 rings (SSSR count). The number of anilines is 3. The second-order valence-corrected chi connectivity index (χ2v) is 17.2. The summed E-state index contributed by atoms with van der Waals surface area (Å²) < 4.78 is 2.60. The van der Waals surface area contributed by atoms with Gasteiger partial charge in [0.1, 0.15) is 0 Å². The van der Waals surface area contributed by atoms with E-state index in [4.69, 9.17) is 0 Å². The van der Waals surface area contributed by atoms with Crippen LogP contribution in [0.3, 0.4) is 0 Å². The molecule has 1 nitrogen and oxygen atoms in total. The second kappa shape index (κ2) is 14.1. The summed E-state index contributed by atoms with van der Waals surface area (Å²) in [4.78, 5) is 2.45. The predicted octanol–water partition coefficient (Wildman–Crippen LogP) is 16.5. The third kappa shape index (κ3) is 5.99. The van der Waals surface area contributed by atoms with Gasteiger partial charge in [-0.1, -0.05) is 172 Å². The molecule has 0 amide bonds. The molecule has 2 heteroatoms. The lowest BCUT2D eigenvalue weighted by Gasteiger charge is -2.29. The second-order valence-electron chi connectivity index (χ2n) is 16.1. The molecule has 0 unspecified atom stereocenters. The van der Waals surface area contributed by atoms with Crippen LogP contribution in [0.25, 0.3) is 75.8 Å². The Morgan fingerprint density at radius 1 is 0.356 bits per heavy atom. The highest BCUT2D eigenvalue weighted by molar-refractivity contribution is 7.26. The van der Waals surface area contributed by atoms with E-state index in [1.165, 1.54) is 86.9 Å². The molecule has 280 valence electrons. The number of rotatable bonds is 7. The van der Waals surface area contributed by atoms with E-state index in [0.29, 0.717) is 0 Å². The molecule has 1 aromatic heterocycles. The molecule has 0 saturated heterocycles. The van der Waals surface area contributed by atoms with E-state index in [1.54, 1.807) is 0 Å². The number of nitrogens with zero attached hydrogens (tertiary/aromatic N) is 1. The quantitative estimate of drug-likeness (QED) is 0.156. The van der Waals surface area contributed by atoms with Crippen LogP contribution in [0.5, 0.6) is 0 Å². The zero-order chi connectivity index (χ0) is 39.5. The molecular formula is C57H41NS. The predicted molar refractivity (Wildman–Crippen MR) is 253 cm³/mol. The first-order chi connectivity index (χ1) is 29.0. The summed E-state index contributed by atoms with van der Waals surface area (Å²) in [6, 6.07) is 78.2. The van der Waals surface area contributed by atoms with Gasteiger partial charge in [0.2, 0.25) is 0 Å². The summed E-state index contributed by atoms with van der Waals surface area (Å²) in [6.45, 7) is 4.72. The van der Waals surface area contributed by atoms with E-state index in [-0.39, 0.29) is 5.41 Å². The molecule has 0 N–H and O–H groups in total. The van der Waals surface area contributed by atoms with Crippen LogP contribution in [0, 0.1) is 0 Å². The summed E-state index contributed by atoms with van der Waals surface area (Å²) in [5, 5.41) is 2.61. The van der Waals surface area contributed by atoms with Crippen molar-refractivity contribution in [2.45, 2.75) is 19.3 Å². The van der Waals surface area contributed by atoms with Gasteiger partial charge >= 0.3 is 0 Å². The Kier molecular flexibility index (Phi) is 8.43. The van der Waals surface area contributed by atoms with Crippen LogP contribution in [0.2, 0.25) is 0 Å². The highest BCUT2D eigenvalue weighted by Gasteiger charge is 2.35. The molecule has 1 heterocycles. The van der Waals surface area contributed by atoms with Gasteiger partial charge in [-0.25, -0.2) is 0 Å². The Hall–Kier alpha value is -7.00. The van der Waals surface area contributed by atoms with Crippen LogP contribution in [0.4, 0.5) is 17.1 Å². The molecule has 0 fully saturated rings. The van der Waals surface area contributed by atoms with E-state index in [1.807, 2.05) is 11.3 Å². The first-order valence-electron chi connectivity index (χ1n) is 20.4. The minimum atomic E-state index is -0.122. The largest absolute Gasteiger partial charge is 0.310 e. The van der Waals surface area contributed by atoms with Crippen molar-refractivity contribution >= 4 is 48.6 Å². The van der Waals surface area contributed by atoms with Crippen LogP contribution in [0.15, 0.2) is 212 Å². The van der Waals surface area contributed by atoms with E-state index in [2.05, 4.69) is 231 Å². The average molecular weight is 772 g/mol. The van der Waals surface area contributed by atoms with Crippen molar-refractivity contribution in [3.63, 3.8) is 0 Å². The van der Waals surface area contributed by atoms with Crippen molar-refractivity contribution in [3.05, 3.63) is 223 Å². The van der Waals surface area contributed by atoms with E-state index in [0.717, 1.165) is 17.1 Å². The minimum absolute atomic E-state index is 0.122. The van der Waals surface area contributed by atoms with Gasteiger partial charge < -0.3 is 4.90 Å². The van der Waals surface area contributed by atoms with Gasteiger partial charge in [0.05, 0.1) is 0 Å². The average Bonchev–Trinajstić information content (AvgIpc) is 3.79. The fourth-order valence-electron chi connectivity index (χ4n) is 9.39. The van der Waals surface area contributed by atoms with Crippen LogP contribution < -0.4 is 4.90 Å². The van der Waals surface area contributed by atoms with Crippen molar-refractivity contribution in [2.75, 3.05) is 4.90 Å². The lowest BCUT2D eigenvalue weighted by molar-refractivity contribution is 0.660. The van der Waals surface area contributed by atoms with Crippen molar-refractivity contribution in [3.8, 4) is 55.6 Å². The summed E-state index contributed by atoms with van der Waals surface area (Å²) in [7, 11) is 0. The molecule has 59 heavy (non-hydrogen) atoms. The fraction of sp³-hybridized carbons (Fsp3) is 0.0526. The van der Waals surface area contributed by atoms with Gasteiger partial charge in [0.25, 0.3) is 0 Å². The van der Waals surface area contributed by atoms with Crippen molar-refractivity contribution in [1.82, 2.24) is 0 Å². The first-order valence-corrected chi connectivity index (χ1v) is 21.2. The van der Waals surface area contributed by atoms with Gasteiger partial charge in [0.15, 0.2) is 0 Å². The van der Waals surface area contributed by atoms with Crippen LogP contribution >= 0.6 is 11.3 Å². The van der Waals surface area contributed by atoms with Gasteiger partial charge in [0, 0.05) is 42.6 Å². The molecule has 9 aromatic carbocycles. The standard InChI is InChI=1S/C57H41NS/c1-57(2)51-28-11-9-26-48(51)49-31-30-46(37-52(49)57)58(44-24-14-21-41(35-44)39-18-7-4-8-19-39)45-25-15-22-42(36-45)47-32-33-54-56(50-27-10-12-29-53(50)59-54)55(47)43-23-13-20-40(34-43)38-16-5-3-6-17-38/h3-37H,1-2H3. The maximum atomic E-state index is 2.45. The monoisotopic (exact) mass is 771 g/mol. The number of benzene rings is 9. The molecule has 1 aliphatic rings. The Morgan fingerprint density at radius 3 is 1.66 bits per heavy atom. The Labute approximate surface area is 350 Å². The topological polar surface area (TPSA) is 3.24 Å². The number of fused-ring (bicyclic) bond motifs is 6. The van der Waals surface area contributed by atoms with Crippen molar-refractivity contribution < 1.29 is 0 Å². The third-order valence-electron chi connectivity index (χ3n) is 12.3. The van der Waals surface area contributed by atoms with Crippen LogP contribution in [0.1, 0.15) is 25.0 Å². The van der Waals surface area contributed by atoms with E-state index >= 15 is 0 Å². The van der Waals surface area contributed by atoms with E-state index in [9.17, 15) is 0 Å². The Balaban J connectivity index is 1.12. The smallest absolute Gasteiger partial charge is 0.0467 e. The number of hydrogen-bond acceptors (Lipinski definition) is 2. The highest BCUT2D eigenvalue weighted by Crippen LogP contribution is 2.51. The number of hydrogen-bond donors (Lipinski definition) is 0. The minimum Gasteiger partial charge on any atom is -0.310 e. The first kappa shape index (κ1) is 35.2. The highest BCUT2D eigenvalue weighted by atomic mass is 32.1. The van der Waals surface area contributed by atoms with Gasteiger partial charge in [-0.15, -0.1) is 11.3 Å². The van der Waals surface area contributed by atoms with E-state index < -0.39 is 0 Å². The summed E-state index contributed by atoms with van der Waals surface area (Å²) >= 11 is 1.87. The van der Waals surface area contributed by atoms with Crippen LogP contribution in [-0.4, -0.2) is 0 Å². The van der Waals surface area contributed by atoms with Crippen molar-refractivity contribution in [2.24, 2.45) is 0 Å². The maximum Gasteiger partial charge on any atom is 0.0467 e. The molecule has 0 saturated carbocycles. The van der Waals surface area contributed by atoms with Gasteiger partial charge in [-0.05, 0) is 121 Å². The third-order valence-corrected chi connectivity index (χ3v) is 13.4. The molecule has 0 radical (unpaired) electrons. The summed E-state index contributed by atoms with van der Waals surface area (Å²) in [5.41, 5.74) is 18.3. The lowest BCUT2D eigenvalue weighted by atomic mass is 9.82. The molecular weight excluding hydrogens is 731 g/mol. The molecule has 1 aliphatic carbocycles. The fourth-order valence-corrected chi connectivity index (χ4v) is 10.5. The number of thiophene rings is 1. The van der Waals surface area contributed by atoms with Crippen molar-refractivity contribution in [1.29, 1.82) is 0 Å². The molecule has 0 aliphatic heterocycles.